The molecule has 3 rings (SSSR count). The van der Waals surface area contributed by atoms with Gasteiger partial charge < -0.3 is 5.73 Å². The van der Waals surface area contributed by atoms with Crippen molar-refractivity contribution >= 4 is 21.8 Å². The summed E-state index contributed by atoms with van der Waals surface area (Å²) in [5, 5.41) is 0. The van der Waals surface area contributed by atoms with E-state index in [-0.39, 0.29) is 5.91 Å². The monoisotopic (exact) mass is 287 g/mol. The second kappa shape index (κ2) is 3.70. The number of hydrogen-bond acceptors (Lipinski definition) is 1. The molecule has 0 aromatic heterocycles. The van der Waals surface area contributed by atoms with E-state index >= 15 is 0 Å². The van der Waals surface area contributed by atoms with Gasteiger partial charge >= 0.3 is 0 Å². The van der Waals surface area contributed by atoms with Crippen molar-refractivity contribution in [2.75, 3.05) is 0 Å². The molecule has 1 aliphatic carbocycles. The third-order valence-corrected chi connectivity index (χ3v) is 3.62. The highest BCUT2D eigenvalue weighted by Gasteiger charge is 2.19. The minimum atomic E-state index is -0.370. The lowest BCUT2D eigenvalue weighted by Crippen LogP contribution is -2.10. The largest absolute Gasteiger partial charge is 0.366 e. The lowest BCUT2D eigenvalue weighted by atomic mass is 10.0. The maximum atomic E-state index is 11.1. The topological polar surface area (TPSA) is 43.1 Å². The summed E-state index contributed by atoms with van der Waals surface area (Å²) in [5.74, 6) is -0.370. The molecule has 3 heteroatoms. The van der Waals surface area contributed by atoms with E-state index in [1.165, 1.54) is 22.3 Å². The van der Waals surface area contributed by atoms with E-state index in [0.29, 0.717) is 5.56 Å². The van der Waals surface area contributed by atoms with E-state index in [1.54, 1.807) is 6.07 Å². The van der Waals surface area contributed by atoms with Crippen LogP contribution >= 0.6 is 15.9 Å². The molecule has 0 fully saturated rings. The molecule has 17 heavy (non-hydrogen) atoms. The minimum absolute atomic E-state index is 0.370. The van der Waals surface area contributed by atoms with Crippen LogP contribution in [0.3, 0.4) is 0 Å². The molecular weight excluding hydrogens is 278 g/mol. The lowest BCUT2D eigenvalue weighted by Gasteiger charge is -2.02. The summed E-state index contributed by atoms with van der Waals surface area (Å²) >= 11 is 3.47. The first kappa shape index (κ1) is 10.5. The Kier molecular flexibility index (Phi) is 2.30. The van der Waals surface area contributed by atoms with Crippen LogP contribution in [0.25, 0.3) is 11.1 Å². The molecule has 2 aromatic rings. The normalized spacial score (nSPS) is 12.1. The smallest absolute Gasteiger partial charge is 0.248 e. The maximum absolute atomic E-state index is 11.1. The summed E-state index contributed by atoms with van der Waals surface area (Å²) in [4.78, 5) is 11.1. The number of nitrogens with two attached hydrogens (primary N) is 1. The highest BCUT2D eigenvalue weighted by atomic mass is 79.9. The molecule has 0 saturated carbocycles. The molecule has 2 aromatic carbocycles. The van der Waals surface area contributed by atoms with Gasteiger partial charge in [0.1, 0.15) is 0 Å². The minimum Gasteiger partial charge on any atom is -0.366 e. The van der Waals surface area contributed by atoms with E-state index in [9.17, 15) is 4.79 Å². The second-order valence-corrected chi connectivity index (χ2v) is 5.13. The Balaban J connectivity index is 2.15. The van der Waals surface area contributed by atoms with Gasteiger partial charge in [0.25, 0.3) is 0 Å². The summed E-state index contributed by atoms with van der Waals surface area (Å²) in [6.45, 7) is 0. The first-order chi connectivity index (χ1) is 8.15. The molecule has 0 bridgehead atoms. The molecule has 0 aliphatic heterocycles. The fraction of sp³-hybridized carbons (Fsp3) is 0.0714. The summed E-state index contributed by atoms with van der Waals surface area (Å²) in [6.07, 6.45) is 0.866. The molecule has 0 radical (unpaired) electrons. The number of carbonyl (C=O) groups is 1. The van der Waals surface area contributed by atoms with Gasteiger partial charge in [-0.3, -0.25) is 4.79 Å². The van der Waals surface area contributed by atoms with Crippen LogP contribution in [-0.4, -0.2) is 5.91 Å². The third-order valence-electron chi connectivity index (χ3n) is 3.13. The van der Waals surface area contributed by atoms with E-state index in [1.807, 2.05) is 18.2 Å². The van der Waals surface area contributed by atoms with Gasteiger partial charge in [0, 0.05) is 10.0 Å². The SMILES string of the molecule is NC(=O)c1ccc2c(c1)Cc1cc(Br)ccc1-2. The zero-order valence-electron chi connectivity index (χ0n) is 9.03. The molecule has 0 saturated heterocycles. The molecule has 0 unspecified atom stereocenters. The van der Waals surface area contributed by atoms with Crippen molar-refractivity contribution in [1.82, 2.24) is 0 Å². The molecule has 2 N–H and O–H groups in total. The van der Waals surface area contributed by atoms with Crippen LogP contribution in [0.5, 0.6) is 0 Å². The quantitative estimate of drug-likeness (QED) is 0.734. The van der Waals surface area contributed by atoms with Crippen molar-refractivity contribution in [1.29, 1.82) is 0 Å². The van der Waals surface area contributed by atoms with Gasteiger partial charge in [0.15, 0.2) is 0 Å². The molecule has 1 aliphatic rings. The van der Waals surface area contributed by atoms with Crippen molar-refractivity contribution in [3.8, 4) is 11.1 Å². The molecule has 0 atom stereocenters. The van der Waals surface area contributed by atoms with Crippen LogP contribution in [0.2, 0.25) is 0 Å². The first-order valence-electron chi connectivity index (χ1n) is 5.36. The van der Waals surface area contributed by atoms with Gasteiger partial charge in [0.05, 0.1) is 0 Å². The fourth-order valence-electron chi connectivity index (χ4n) is 2.33. The van der Waals surface area contributed by atoms with Crippen LogP contribution in [0.4, 0.5) is 0 Å². The Labute approximate surface area is 108 Å². The molecule has 0 spiro atoms. The highest BCUT2D eigenvalue weighted by molar-refractivity contribution is 9.10. The van der Waals surface area contributed by atoms with Gasteiger partial charge in [-0.1, -0.05) is 28.1 Å². The Morgan fingerprint density at radius 2 is 1.71 bits per heavy atom. The molecular formula is C14H10BrNO. The van der Waals surface area contributed by atoms with E-state index in [4.69, 9.17) is 5.73 Å². The Morgan fingerprint density at radius 3 is 2.41 bits per heavy atom. The molecule has 1 amide bonds. The fourth-order valence-corrected chi connectivity index (χ4v) is 2.74. The Hall–Kier alpha value is -1.61. The molecule has 84 valence electrons. The number of carbonyl (C=O) groups excluding carboxylic acids is 1. The molecule has 0 heterocycles. The van der Waals surface area contributed by atoms with Gasteiger partial charge in [0.2, 0.25) is 5.91 Å². The lowest BCUT2D eigenvalue weighted by molar-refractivity contribution is 0.1000. The Bertz CT molecular complexity index is 634. The van der Waals surface area contributed by atoms with Crippen LogP contribution in [0, 0.1) is 0 Å². The zero-order valence-corrected chi connectivity index (χ0v) is 10.6. The van der Waals surface area contributed by atoms with Crippen molar-refractivity contribution in [2.24, 2.45) is 5.73 Å². The number of halogens is 1. The number of primary amides is 1. The maximum Gasteiger partial charge on any atom is 0.248 e. The summed E-state index contributed by atoms with van der Waals surface area (Å²) < 4.78 is 1.08. The van der Waals surface area contributed by atoms with Crippen molar-refractivity contribution < 1.29 is 4.79 Å². The standard InChI is InChI=1S/C14H10BrNO/c15-11-2-4-13-10(7-11)6-9-5-8(14(16)17)1-3-12(9)13/h1-5,7H,6H2,(H2,16,17). The van der Waals surface area contributed by atoms with Crippen LogP contribution in [0.1, 0.15) is 21.5 Å². The van der Waals surface area contributed by atoms with Crippen molar-refractivity contribution in [3.05, 3.63) is 57.6 Å². The first-order valence-corrected chi connectivity index (χ1v) is 6.16. The van der Waals surface area contributed by atoms with Crippen LogP contribution < -0.4 is 5.73 Å². The van der Waals surface area contributed by atoms with Crippen molar-refractivity contribution in [2.45, 2.75) is 6.42 Å². The van der Waals surface area contributed by atoms with Gasteiger partial charge in [-0.15, -0.1) is 0 Å². The number of rotatable bonds is 1. The van der Waals surface area contributed by atoms with E-state index in [2.05, 4.69) is 28.1 Å². The average Bonchev–Trinajstić information content (AvgIpc) is 2.64. The van der Waals surface area contributed by atoms with Gasteiger partial charge in [-0.2, -0.15) is 0 Å². The highest BCUT2D eigenvalue weighted by Crippen LogP contribution is 2.38. The van der Waals surface area contributed by atoms with Crippen LogP contribution in [-0.2, 0) is 6.42 Å². The number of amides is 1. The third kappa shape index (κ3) is 1.67. The van der Waals surface area contributed by atoms with Crippen molar-refractivity contribution in [3.63, 3.8) is 0 Å². The van der Waals surface area contributed by atoms with Crippen LogP contribution in [0.15, 0.2) is 40.9 Å². The Morgan fingerprint density at radius 1 is 1.06 bits per heavy atom. The predicted molar refractivity (Wildman–Crippen MR) is 70.9 cm³/mol. The summed E-state index contributed by atoms with van der Waals surface area (Å²) in [6, 6.07) is 11.9. The average molecular weight is 288 g/mol. The number of benzene rings is 2. The predicted octanol–water partition coefficient (Wildman–Crippen LogP) is 3.12. The summed E-state index contributed by atoms with van der Waals surface area (Å²) in [7, 11) is 0. The molecule has 2 nitrogen and oxygen atoms in total. The van der Waals surface area contributed by atoms with E-state index in [0.717, 1.165) is 10.9 Å². The number of fused-ring (bicyclic) bond motifs is 3. The summed E-state index contributed by atoms with van der Waals surface area (Å²) in [5.41, 5.74) is 10.8. The number of hydrogen-bond donors (Lipinski definition) is 1. The van der Waals surface area contributed by atoms with Gasteiger partial charge in [-0.05, 0) is 52.9 Å². The van der Waals surface area contributed by atoms with Gasteiger partial charge in [-0.25, -0.2) is 0 Å². The second-order valence-electron chi connectivity index (χ2n) is 4.21. The van der Waals surface area contributed by atoms with E-state index < -0.39 is 0 Å². The zero-order chi connectivity index (χ0) is 12.0.